The fraction of sp³-hybridized carbons (Fsp3) is 0.227. The number of nitrogens with one attached hydrogen (secondary N) is 1. The maximum atomic E-state index is 13.5. The maximum Gasteiger partial charge on any atom is 0.405 e. The van der Waals surface area contributed by atoms with Crippen LogP contribution in [0.3, 0.4) is 0 Å². The molecule has 1 aliphatic rings. The molecule has 2 atom stereocenters. The number of hydrogen-bond acceptors (Lipinski definition) is 8. The first-order valence-corrected chi connectivity index (χ1v) is 9.93. The highest BCUT2D eigenvalue weighted by atomic mass is 16.5. The molecule has 12 heteroatoms. The number of benzene rings is 2. The number of carboxylic acid groups (broad SMARTS) is 1. The molecular formula is C22H22N4O8. The summed E-state index contributed by atoms with van der Waals surface area (Å²) in [6.45, 7) is 2.26. The van der Waals surface area contributed by atoms with E-state index in [-0.39, 0.29) is 17.1 Å². The van der Waals surface area contributed by atoms with E-state index in [0.717, 1.165) is 23.6 Å². The van der Waals surface area contributed by atoms with Gasteiger partial charge in [0, 0.05) is 32.6 Å². The van der Waals surface area contributed by atoms with Crippen LogP contribution < -0.4 is 25.4 Å². The number of anilines is 1. The summed E-state index contributed by atoms with van der Waals surface area (Å²) in [5.41, 5.74) is 4.34. The summed E-state index contributed by atoms with van der Waals surface area (Å²) >= 11 is 0. The van der Waals surface area contributed by atoms with E-state index in [1.54, 1.807) is 30.3 Å². The second-order valence-electron chi connectivity index (χ2n) is 7.42. The van der Waals surface area contributed by atoms with Gasteiger partial charge >= 0.3 is 24.1 Å². The molecule has 3 rings (SSSR count). The van der Waals surface area contributed by atoms with Gasteiger partial charge in [0.2, 0.25) is 0 Å². The van der Waals surface area contributed by atoms with Gasteiger partial charge in [-0.2, -0.15) is 0 Å². The number of imide groups is 1. The third-order valence-electron chi connectivity index (χ3n) is 5.05. The summed E-state index contributed by atoms with van der Waals surface area (Å²) in [6, 6.07) is 10.9. The van der Waals surface area contributed by atoms with Gasteiger partial charge in [0.15, 0.2) is 5.54 Å². The molecule has 1 heterocycles. The van der Waals surface area contributed by atoms with Crippen molar-refractivity contribution in [1.82, 2.24) is 10.2 Å². The third-order valence-corrected chi connectivity index (χ3v) is 5.05. The average Bonchev–Trinajstić information content (AvgIpc) is 2.75. The molecule has 34 heavy (non-hydrogen) atoms. The van der Waals surface area contributed by atoms with Crippen LogP contribution in [-0.4, -0.2) is 53.2 Å². The molecule has 0 radical (unpaired) electrons. The van der Waals surface area contributed by atoms with Gasteiger partial charge < -0.3 is 25.6 Å². The Labute approximate surface area is 193 Å². The number of para-hydroxylation sites is 1. The molecule has 0 saturated carbocycles. The van der Waals surface area contributed by atoms with E-state index < -0.39 is 41.7 Å². The number of amides is 4. The van der Waals surface area contributed by atoms with Gasteiger partial charge in [-0.1, -0.05) is 18.2 Å². The number of nitrogens with zero attached hydrogens (tertiary/aromatic N) is 2. The topological polar surface area (TPSA) is 169 Å². The van der Waals surface area contributed by atoms with Gasteiger partial charge in [0.25, 0.3) is 5.91 Å². The molecule has 1 saturated heterocycles. The fourth-order valence-corrected chi connectivity index (χ4v) is 3.72. The van der Waals surface area contributed by atoms with Crippen LogP contribution >= 0.6 is 0 Å². The smallest absolute Gasteiger partial charge is 0.405 e. The number of rotatable bonds is 5. The summed E-state index contributed by atoms with van der Waals surface area (Å²) in [7, 11) is 1.17. The van der Waals surface area contributed by atoms with Crippen LogP contribution in [-0.2, 0) is 19.9 Å². The fourth-order valence-electron chi connectivity index (χ4n) is 3.72. The number of hydrogen-bond donors (Lipinski definition) is 3. The van der Waals surface area contributed by atoms with Crippen molar-refractivity contribution in [2.24, 2.45) is 5.73 Å². The lowest BCUT2D eigenvalue weighted by Crippen LogP contribution is -2.76. The predicted molar refractivity (Wildman–Crippen MR) is 117 cm³/mol. The van der Waals surface area contributed by atoms with E-state index in [4.69, 9.17) is 15.2 Å². The molecule has 4 amide bonds. The number of urea groups is 1. The standard InChI is InChI=1S/C22H22N4O8/c1-12(27)33-16-9-14(10-17(11-16)34-13(2)28)22(24-20(30)31)18(23)26(15-7-5-4-6-8-15)21(32)25(3)19(22)29/h4-11,18,24H,23H2,1-3H3,(H,30,31). The number of carbonyl (C=O) groups is 5. The Morgan fingerprint density at radius 2 is 1.53 bits per heavy atom. The van der Waals surface area contributed by atoms with Gasteiger partial charge in [-0.05, 0) is 29.8 Å². The number of esters is 2. The summed E-state index contributed by atoms with van der Waals surface area (Å²) in [5.74, 6) is -2.71. The van der Waals surface area contributed by atoms with Crippen LogP contribution in [0.25, 0.3) is 0 Å². The molecule has 1 aliphatic heterocycles. The maximum absolute atomic E-state index is 13.5. The molecule has 178 valence electrons. The highest BCUT2D eigenvalue weighted by molar-refractivity contribution is 6.11. The zero-order valence-electron chi connectivity index (χ0n) is 18.5. The zero-order chi connectivity index (χ0) is 25.2. The first kappa shape index (κ1) is 24.2. The van der Waals surface area contributed by atoms with Gasteiger partial charge in [0.05, 0.1) is 0 Å². The number of carbonyl (C=O) groups excluding carboxylic acids is 4. The molecule has 0 spiro atoms. The number of likely N-dealkylation sites (N-methyl/N-ethyl adjacent to an activating group) is 1. The van der Waals surface area contributed by atoms with Crippen LogP contribution in [0.15, 0.2) is 48.5 Å². The number of ether oxygens (including phenoxy) is 2. The van der Waals surface area contributed by atoms with Gasteiger partial charge in [-0.25, -0.2) is 9.59 Å². The minimum absolute atomic E-state index is 0.123. The van der Waals surface area contributed by atoms with E-state index in [1.165, 1.54) is 25.2 Å². The Balaban J connectivity index is 2.30. The second kappa shape index (κ2) is 9.19. The summed E-state index contributed by atoms with van der Waals surface area (Å²) in [6.07, 6.45) is -3.20. The summed E-state index contributed by atoms with van der Waals surface area (Å²) in [5, 5.41) is 11.8. The van der Waals surface area contributed by atoms with Crippen LogP contribution in [0.4, 0.5) is 15.3 Å². The van der Waals surface area contributed by atoms with Crippen molar-refractivity contribution in [3.63, 3.8) is 0 Å². The van der Waals surface area contributed by atoms with Crippen molar-refractivity contribution in [1.29, 1.82) is 0 Å². The lowest BCUT2D eigenvalue weighted by Gasteiger charge is -2.49. The summed E-state index contributed by atoms with van der Waals surface area (Å²) in [4.78, 5) is 63.3. The van der Waals surface area contributed by atoms with Crippen molar-refractivity contribution < 1.29 is 38.6 Å². The lowest BCUT2D eigenvalue weighted by atomic mass is 9.82. The summed E-state index contributed by atoms with van der Waals surface area (Å²) < 4.78 is 10.2. The first-order valence-electron chi connectivity index (χ1n) is 9.93. The van der Waals surface area contributed by atoms with Crippen molar-refractivity contribution in [3.8, 4) is 11.5 Å². The van der Waals surface area contributed by atoms with E-state index in [9.17, 15) is 29.1 Å². The van der Waals surface area contributed by atoms with Crippen molar-refractivity contribution in [2.75, 3.05) is 11.9 Å². The Morgan fingerprint density at radius 3 is 2.00 bits per heavy atom. The van der Waals surface area contributed by atoms with Crippen molar-refractivity contribution >= 4 is 35.7 Å². The molecule has 4 N–H and O–H groups in total. The molecule has 2 aromatic carbocycles. The largest absolute Gasteiger partial charge is 0.465 e. The Bertz CT molecular complexity index is 1130. The van der Waals surface area contributed by atoms with Crippen LogP contribution in [0.1, 0.15) is 19.4 Å². The molecule has 0 bridgehead atoms. The van der Waals surface area contributed by atoms with Crippen molar-refractivity contribution in [2.45, 2.75) is 25.6 Å². The first-order chi connectivity index (χ1) is 16.0. The van der Waals surface area contributed by atoms with Crippen molar-refractivity contribution in [3.05, 3.63) is 54.1 Å². The monoisotopic (exact) mass is 470 g/mol. The Hall–Kier alpha value is -4.45. The molecule has 2 unspecified atom stereocenters. The van der Waals surface area contributed by atoms with Gasteiger partial charge in [0.1, 0.15) is 17.7 Å². The second-order valence-corrected chi connectivity index (χ2v) is 7.42. The van der Waals surface area contributed by atoms with Gasteiger partial charge in [-0.15, -0.1) is 0 Å². The zero-order valence-corrected chi connectivity index (χ0v) is 18.5. The van der Waals surface area contributed by atoms with E-state index >= 15 is 0 Å². The molecule has 1 fully saturated rings. The molecule has 0 aliphatic carbocycles. The van der Waals surface area contributed by atoms with E-state index in [0.29, 0.717) is 5.69 Å². The van der Waals surface area contributed by atoms with E-state index in [2.05, 4.69) is 5.32 Å². The van der Waals surface area contributed by atoms with E-state index in [1.807, 2.05) is 0 Å². The van der Waals surface area contributed by atoms with Crippen LogP contribution in [0.5, 0.6) is 11.5 Å². The normalized spacial score (nSPS) is 20.1. The SMILES string of the molecule is CC(=O)Oc1cc(OC(C)=O)cc(C2(NC(=O)O)C(=O)N(C)C(=O)N(c3ccccc3)C2N)c1. The van der Waals surface area contributed by atoms with Crippen LogP contribution in [0, 0.1) is 0 Å². The minimum Gasteiger partial charge on any atom is -0.465 e. The quantitative estimate of drug-likeness (QED) is 0.432. The molecule has 12 nitrogen and oxygen atoms in total. The number of nitrogens with two attached hydrogens (primary N) is 1. The highest BCUT2D eigenvalue weighted by Gasteiger charge is 2.58. The molecule has 0 aromatic heterocycles. The van der Waals surface area contributed by atoms with Gasteiger partial charge in [-0.3, -0.25) is 24.2 Å². The molecule has 2 aromatic rings. The highest BCUT2D eigenvalue weighted by Crippen LogP contribution is 2.39. The Morgan fingerprint density at radius 1 is 1.00 bits per heavy atom. The third kappa shape index (κ3) is 4.38. The Kier molecular flexibility index (Phi) is 6.54. The minimum atomic E-state index is -2.27. The predicted octanol–water partition coefficient (Wildman–Crippen LogP) is 1.38. The average molecular weight is 470 g/mol. The molecular weight excluding hydrogens is 448 g/mol. The lowest BCUT2D eigenvalue weighted by molar-refractivity contribution is -0.137. The van der Waals surface area contributed by atoms with Crippen LogP contribution in [0.2, 0.25) is 0 Å².